The quantitative estimate of drug-likeness (QED) is 0.705. The van der Waals surface area contributed by atoms with E-state index in [4.69, 9.17) is 0 Å². The second-order valence-corrected chi connectivity index (χ2v) is 4.96. The lowest BCUT2D eigenvalue weighted by atomic mass is 10.3. The smallest absolute Gasteiger partial charge is 0.276 e. The van der Waals surface area contributed by atoms with Crippen LogP contribution in [0, 0.1) is 6.92 Å². The first kappa shape index (κ1) is 11.7. The lowest BCUT2D eigenvalue weighted by molar-refractivity contribution is 0.102. The Balaban J connectivity index is 1.90. The van der Waals surface area contributed by atoms with Gasteiger partial charge in [0.2, 0.25) is 0 Å². The van der Waals surface area contributed by atoms with Gasteiger partial charge in [-0.1, -0.05) is 12.1 Å². The Bertz CT molecular complexity index is 760. The van der Waals surface area contributed by atoms with Crippen LogP contribution in [0.15, 0.2) is 35.8 Å². The van der Waals surface area contributed by atoms with Crippen LogP contribution in [0.1, 0.15) is 16.2 Å². The van der Waals surface area contributed by atoms with Crippen molar-refractivity contribution >= 4 is 27.9 Å². The molecule has 2 N–H and O–H groups in total. The number of thiazole rings is 1. The first-order valence-electron chi connectivity index (χ1n) is 5.67. The molecule has 0 bridgehead atoms. The Kier molecular flexibility index (Phi) is 2.72. The summed E-state index contributed by atoms with van der Waals surface area (Å²) < 4.78 is 1.87. The van der Waals surface area contributed by atoms with Crippen LogP contribution >= 0.6 is 11.3 Å². The van der Waals surface area contributed by atoms with Crippen molar-refractivity contribution in [3.63, 3.8) is 0 Å². The van der Waals surface area contributed by atoms with Crippen LogP contribution in [0.3, 0.4) is 0 Å². The van der Waals surface area contributed by atoms with Crippen molar-refractivity contribution in [1.82, 2.24) is 9.38 Å². The summed E-state index contributed by atoms with van der Waals surface area (Å²) in [6.07, 6.45) is 1.69. The number of aryl methyl sites for hydroxylation is 1. The van der Waals surface area contributed by atoms with Crippen molar-refractivity contribution in [2.45, 2.75) is 6.92 Å². The molecule has 0 aliphatic carbocycles. The molecule has 0 unspecified atom stereocenters. The van der Waals surface area contributed by atoms with E-state index in [1.807, 2.05) is 16.7 Å². The van der Waals surface area contributed by atoms with E-state index < -0.39 is 0 Å². The van der Waals surface area contributed by atoms with E-state index in [0.29, 0.717) is 11.4 Å². The Morgan fingerprint density at radius 3 is 2.95 bits per heavy atom. The molecule has 19 heavy (non-hydrogen) atoms. The molecule has 0 atom stereocenters. The molecule has 96 valence electrons. The molecule has 0 radical (unpaired) electrons. The Morgan fingerprint density at radius 2 is 2.21 bits per heavy atom. The van der Waals surface area contributed by atoms with Gasteiger partial charge in [0.05, 0.1) is 5.69 Å². The molecule has 2 heterocycles. The maximum atomic E-state index is 12.1. The molecular formula is C13H11N3O2S. The molecule has 0 fully saturated rings. The lowest BCUT2D eigenvalue weighted by Crippen LogP contribution is -2.12. The Morgan fingerprint density at radius 1 is 1.42 bits per heavy atom. The van der Waals surface area contributed by atoms with Crippen LogP contribution in [-0.4, -0.2) is 20.4 Å². The number of imidazole rings is 1. The molecule has 6 heteroatoms. The summed E-state index contributed by atoms with van der Waals surface area (Å²) in [7, 11) is 0. The van der Waals surface area contributed by atoms with Gasteiger partial charge in [0.1, 0.15) is 11.4 Å². The standard InChI is InChI=1S/C13H11N3O2S/c1-8-7-19-13-15-10(6-16(8)13)12(18)14-9-4-2-3-5-11(9)17/h2-7,17H,1H3,(H,14,18). The predicted molar refractivity (Wildman–Crippen MR) is 73.9 cm³/mol. The lowest BCUT2D eigenvalue weighted by Gasteiger charge is -2.04. The SMILES string of the molecule is Cc1csc2nc(C(=O)Nc3ccccc3O)cn12. The fourth-order valence-corrected chi connectivity index (χ4v) is 2.62. The fourth-order valence-electron chi connectivity index (χ4n) is 1.77. The van der Waals surface area contributed by atoms with Crippen molar-refractivity contribution in [2.75, 3.05) is 5.32 Å². The van der Waals surface area contributed by atoms with Crippen LogP contribution in [-0.2, 0) is 0 Å². The molecule has 5 nitrogen and oxygen atoms in total. The zero-order valence-electron chi connectivity index (χ0n) is 10.1. The number of para-hydroxylation sites is 2. The highest BCUT2D eigenvalue weighted by Crippen LogP contribution is 2.22. The topological polar surface area (TPSA) is 66.6 Å². The second kappa shape index (κ2) is 4.40. The first-order valence-corrected chi connectivity index (χ1v) is 6.55. The summed E-state index contributed by atoms with van der Waals surface area (Å²) in [5.41, 5.74) is 1.74. The fraction of sp³-hybridized carbons (Fsp3) is 0.0769. The van der Waals surface area contributed by atoms with Crippen molar-refractivity contribution in [3.05, 3.63) is 47.2 Å². The molecule has 2 aromatic heterocycles. The van der Waals surface area contributed by atoms with Gasteiger partial charge in [-0.05, 0) is 19.1 Å². The molecular weight excluding hydrogens is 262 g/mol. The molecule has 3 aromatic rings. The van der Waals surface area contributed by atoms with Crippen LogP contribution in [0.25, 0.3) is 4.96 Å². The summed E-state index contributed by atoms with van der Waals surface area (Å²) in [4.78, 5) is 17.1. The molecule has 1 amide bonds. The number of phenolic OH excluding ortho intramolecular Hbond substituents is 1. The van der Waals surface area contributed by atoms with Crippen molar-refractivity contribution in [3.8, 4) is 5.75 Å². The van der Waals surface area contributed by atoms with E-state index in [2.05, 4.69) is 10.3 Å². The highest BCUT2D eigenvalue weighted by atomic mass is 32.1. The van der Waals surface area contributed by atoms with Crippen LogP contribution in [0.5, 0.6) is 5.75 Å². The second-order valence-electron chi connectivity index (χ2n) is 4.13. The Labute approximate surface area is 113 Å². The van der Waals surface area contributed by atoms with Gasteiger partial charge in [0.15, 0.2) is 4.96 Å². The maximum Gasteiger partial charge on any atom is 0.276 e. The van der Waals surface area contributed by atoms with Gasteiger partial charge in [0.25, 0.3) is 5.91 Å². The Hall–Kier alpha value is -2.34. The minimum atomic E-state index is -0.336. The third-order valence-electron chi connectivity index (χ3n) is 2.77. The van der Waals surface area contributed by atoms with E-state index >= 15 is 0 Å². The zero-order chi connectivity index (χ0) is 13.4. The van der Waals surface area contributed by atoms with Crippen LogP contribution in [0.2, 0.25) is 0 Å². The van der Waals surface area contributed by atoms with Gasteiger partial charge in [-0.2, -0.15) is 0 Å². The predicted octanol–water partition coefficient (Wildman–Crippen LogP) is 2.66. The van der Waals surface area contributed by atoms with Crippen molar-refractivity contribution in [2.24, 2.45) is 0 Å². The van der Waals surface area contributed by atoms with Gasteiger partial charge < -0.3 is 10.4 Å². The number of fused-ring (bicyclic) bond motifs is 1. The zero-order valence-corrected chi connectivity index (χ0v) is 10.9. The van der Waals surface area contributed by atoms with Gasteiger partial charge in [-0.25, -0.2) is 4.98 Å². The number of anilines is 1. The average Bonchev–Trinajstić information content (AvgIpc) is 2.95. The molecule has 0 aliphatic heterocycles. The molecule has 1 aromatic carbocycles. The number of hydrogen-bond donors (Lipinski definition) is 2. The number of nitrogens with one attached hydrogen (secondary N) is 1. The third-order valence-corrected chi connectivity index (χ3v) is 3.73. The summed E-state index contributed by atoms with van der Waals surface area (Å²) >= 11 is 1.48. The summed E-state index contributed by atoms with van der Waals surface area (Å²) in [6.45, 7) is 1.95. The van der Waals surface area contributed by atoms with Gasteiger partial charge in [-0.15, -0.1) is 11.3 Å². The number of rotatable bonds is 2. The summed E-state index contributed by atoms with van der Waals surface area (Å²) in [5, 5.41) is 14.2. The molecule has 0 spiro atoms. The number of carbonyl (C=O) groups is 1. The molecule has 0 saturated heterocycles. The largest absolute Gasteiger partial charge is 0.506 e. The van der Waals surface area contributed by atoms with Gasteiger partial charge in [0, 0.05) is 17.3 Å². The number of phenols is 1. The van der Waals surface area contributed by atoms with Crippen molar-refractivity contribution < 1.29 is 9.90 Å². The van der Waals surface area contributed by atoms with E-state index in [9.17, 15) is 9.90 Å². The highest BCUT2D eigenvalue weighted by molar-refractivity contribution is 7.15. The number of carbonyl (C=O) groups excluding carboxylic acids is 1. The normalized spacial score (nSPS) is 10.8. The minimum Gasteiger partial charge on any atom is -0.506 e. The van der Waals surface area contributed by atoms with E-state index in [-0.39, 0.29) is 11.7 Å². The average molecular weight is 273 g/mol. The number of benzene rings is 1. The maximum absolute atomic E-state index is 12.1. The van der Waals surface area contributed by atoms with Gasteiger partial charge in [-0.3, -0.25) is 9.20 Å². The minimum absolute atomic E-state index is 0.0352. The molecule has 0 saturated carbocycles. The number of aromatic nitrogens is 2. The van der Waals surface area contributed by atoms with E-state index in [1.165, 1.54) is 17.4 Å². The van der Waals surface area contributed by atoms with Crippen LogP contribution < -0.4 is 5.32 Å². The van der Waals surface area contributed by atoms with Crippen molar-refractivity contribution in [1.29, 1.82) is 0 Å². The van der Waals surface area contributed by atoms with Crippen LogP contribution in [0.4, 0.5) is 5.69 Å². The van der Waals surface area contributed by atoms with E-state index in [1.54, 1.807) is 24.4 Å². The van der Waals surface area contributed by atoms with Gasteiger partial charge >= 0.3 is 0 Å². The number of hydrogen-bond acceptors (Lipinski definition) is 4. The first-order chi connectivity index (χ1) is 9.15. The summed E-state index contributed by atoms with van der Waals surface area (Å²) in [6, 6.07) is 6.59. The number of aromatic hydroxyl groups is 1. The van der Waals surface area contributed by atoms with E-state index in [0.717, 1.165) is 10.7 Å². The monoisotopic (exact) mass is 273 g/mol. The highest BCUT2D eigenvalue weighted by Gasteiger charge is 2.14. The third kappa shape index (κ3) is 2.06. The summed E-state index contributed by atoms with van der Waals surface area (Å²) in [5.74, 6) is -0.301. The number of amides is 1. The number of nitrogens with zero attached hydrogens (tertiary/aromatic N) is 2. The molecule has 0 aliphatic rings. The molecule has 3 rings (SSSR count).